The summed E-state index contributed by atoms with van der Waals surface area (Å²) in [7, 11) is 1.72. The highest BCUT2D eigenvalue weighted by molar-refractivity contribution is 5.93. The van der Waals surface area contributed by atoms with Crippen molar-refractivity contribution in [1.82, 2.24) is 20.2 Å². The maximum absolute atomic E-state index is 12.0. The molecule has 0 radical (unpaired) electrons. The zero-order chi connectivity index (χ0) is 15.1. The van der Waals surface area contributed by atoms with Crippen molar-refractivity contribution in [1.29, 1.82) is 0 Å². The van der Waals surface area contributed by atoms with Gasteiger partial charge in [0.2, 0.25) is 17.8 Å². The van der Waals surface area contributed by atoms with E-state index in [1.54, 1.807) is 37.3 Å². The van der Waals surface area contributed by atoms with Crippen LogP contribution in [-0.2, 0) is 9.59 Å². The quantitative estimate of drug-likeness (QED) is 0.780. The molecular formula is C13H21N5O2. The number of nitrogens with one attached hydrogen (secondary N) is 2. The molecule has 0 spiro atoms. The highest BCUT2D eigenvalue weighted by atomic mass is 16.2. The number of nitrogens with zero attached hydrogens (tertiary/aromatic N) is 3. The van der Waals surface area contributed by atoms with Crippen LogP contribution in [0.15, 0.2) is 18.5 Å². The number of hydrogen-bond acceptors (Lipinski definition) is 5. The summed E-state index contributed by atoms with van der Waals surface area (Å²) in [6.45, 7) is 5.66. The van der Waals surface area contributed by atoms with Gasteiger partial charge in [-0.15, -0.1) is 0 Å². The van der Waals surface area contributed by atoms with Crippen molar-refractivity contribution in [3.8, 4) is 0 Å². The molecule has 0 aliphatic heterocycles. The summed E-state index contributed by atoms with van der Waals surface area (Å²) in [5, 5.41) is 5.38. The predicted octanol–water partition coefficient (Wildman–Crippen LogP) is 0.260. The van der Waals surface area contributed by atoms with E-state index >= 15 is 0 Å². The lowest BCUT2D eigenvalue weighted by atomic mass is 10.2. The lowest BCUT2D eigenvalue weighted by Gasteiger charge is -2.23. The van der Waals surface area contributed by atoms with Crippen molar-refractivity contribution in [3.05, 3.63) is 18.5 Å². The van der Waals surface area contributed by atoms with Gasteiger partial charge in [0.15, 0.2) is 0 Å². The Morgan fingerprint density at radius 3 is 2.40 bits per heavy atom. The summed E-state index contributed by atoms with van der Waals surface area (Å²) in [5.74, 6) is -0.112. The Morgan fingerprint density at radius 1 is 1.25 bits per heavy atom. The Hall–Kier alpha value is -2.02. The molecule has 0 bridgehead atoms. The van der Waals surface area contributed by atoms with E-state index in [1.165, 1.54) is 0 Å². The normalized spacial score (nSPS) is 12.3. The van der Waals surface area contributed by atoms with E-state index in [4.69, 9.17) is 0 Å². The molecule has 0 saturated heterocycles. The second kappa shape index (κ2) is 7.54. The molecule has 1 aromatic rings. The average molecular weight is 279 g/mol. The molecule has 1 atom stereocenters. The van der Waals surface area contributed by atoms with Gasteiger partial charge in [0.05, 0.1) is 12.6 Å². The molecule has 1 aromatic heterocycles. The first kappa shape index (κ1) is 16.0. The van der Waals surface area contributed by atoms with Crippen LogP contribution in [0.25, 0.3) is 0 Å². The summed E-state index contributed by atoms with van der Waals surface area (Å²) in [4.78, 5) is 33.1. The highest BCUT2D eigenvalue weighted by Crippen LogP contribution is 2.01. The molecule has 20 heavy (non-hydrogen) atoms. The summed E-state index contributed by atoms with van der Waals surface area (Å²) in [5.41, 5.74) is 0. The number of hydrogen-bond donors (Lipinski definition) is 2. The minimum absolute atomic E-state index is 0.0813. The first-order valence-electron chi connectivity index (χ1n) is 6.47. The topological polar surface area (TPSA) is 87.2 Å². The third kappa shape index (κ3) is 5.31. The molecule has 1 heterocycles. The van der Waals surface area contributed by atoms with Gasteiger partial charge in [0, 0.05) is 18.4 Å². The zero-order valence-corrected chi connectivity index (χ0v) is 12.3. The van der Waals surface area contributed by atoms with Crippen LogP contribution in [0.4, 0.5) is 5.95 Å². The maximum Gasteiger partial charge on any atom is 0.243 e. The van der Waals surface area contributed by atoms with Gasteiger partial charge in [-0.1, -0.05) is 0 Å². The van der Waals surface area contributed by atoms with Gasteiger partial charge in [-0.25, -0.2) is 9.97 Å². The molecule has 1 rings (SSSR count). The highest BCUT2D eigenvalue weighted by Gasteiger charge is 2.20. The van der Waals surface area contributed by atoms with Crippen molar-refractivity contribution >= 4 is 17.8 Å². The van der Waals surface area contributed by atoms with Crippen LogP contribution < -0.4 is 10.6 Å². The largest absolute Gasteiger partial charge is 0.353 e. The monoisotopic (exact) mass is 279 g/mol. The number of aromatic nitrogens is 2. The van der Waals surface area contributed by atoms with Crippen LogP contribution in [0.1, 0.15) is 20.8 Å². The van der Waals surface area contributed by atoms with Gasteiger partial charge in [-0.05, 0) is 33.9 Å². The standard InChI is InChI=1S/C13H21N5O2/c1-9(2)16-11(19)8-18(4)10(3)12(20)17-13-14-6-5-7-15-13/h5-7,9-10H,8H2,1-4H3,(H,16,19)(H,14,15,17,20)/t10-/m0/s1. The summed E-state index contributed by atoms with van der Waals surface area (Å²) in [6.07, 6.45) is 3.10. The molecule has 2 N–H and O–H groups in total. The molecule has 7 heteroatoms. The van der Waals surface area contributed by atoms with Crippen molar-refractivity contribution < 1.29 is 9.59 Å². The molecule has 0 aliphatic carbocycles. The maximum atomic E-state index is 12.0. The van der Waals surface area contributed by atoms with Crippen molar-refractivity contribution in [3.63, 3.8) is 0 Å². The molecular weight excluding hydrogens is 258 g/mol. The molecule has 0 saturated carbocycles. The second-order valence-electron chi connectivity index (χ2n) is 4.87. The number of anilines is 1. The Morgan fingerprint density at radius 2 is 1.85 bits per heavy atom. The molecule has 0 unspecified atom stereocenters. The summed E-state index contributed by atoms with van der Waals surface area (Å²) < 4.78 is 0. The smallest absolute Gasteiger partial charge is 0.243 e. The second-order valence-corrected chi connectivity index (χ2v) is 4.87. The summed E-state index contributed by atoms with van der Waals surface area (Å²) in [6, 6.07) is 1.29. The van der Waals surface area contributed by atoms with Crippen LogP contribution >= 0.6 is 0 Å². The van der Waals surface area contributed by atoms with Crippen LogP contribution in [-0.4, -0.2) is 52.4 Å². The van der Waals surface area contributed by atoms with E-state index in [1.807, 2.05) is 13.8 Å². The average Bonchev–Trinajstić information content (AvgIpc) is 2.37. The molecule has 110 valence electrons. The van der Waals surface area contributed by atoms with Crippen molar-refractivity contribution in [2.24, 2.45) is 0 Å². The third-order valence-corrected chi connectivity index (χ3v) is 2.68. The zero-order valence-electron chi connectivity index (χ0n) is 12.3. The fraction of sp³-hybridized carbons (Fsp3) is 0.538. The molecule has 0 fully saturated rings. The number of amides is 2. The lowest BCUT2D eigenvalue weighted by molar-refractivity contribution is -0.125. The Bertz CT molecular complexity index is 449. The Labute approximate surface area is 118 Å². The van der Waals surface area contributed by atoms with E-state index in [9.17, 15) is 9.59 Å². The van der Waals surface area contributed by atoms with Gasteiger partial charge in [-0.3, -0.25) is 19.8 Å². The molecule has 7 nitrogen and oxygen atoms in total. The Kier molecular flexibility index (Phi) is 6.05. The van der Waals surface area contributed by atoms with E-state index in [-0.39, 0.29) is 30.3 Å². The van der Waals surface area contributed by atoms with E-state index in [0.717, 1.165) is 0 Å². The van der Waals surface area contributed by atoms with E-state index < -0.39 is 6.04 Å². The van der Waals surface area contributed by atoms with Gasteiger partial charge in [0.1, 0.15) is 0 Å². The first-order valence-corrected chi connectivity index (χ1v) is 6.47. The number of carbonyl (C=O) groups excluding carboxylic acids is 2. The summed E-state index contributed by atoms with van der Waals surface area (Å²) >= 11 is 0. The fourth-order valence-corrected chi connectivity index (χ4v) is 1.51. The number of carbonyl (C=O) groups is 2. The van der Waals surface area contributed by atoms with Gasteiger partial charge >= 0.3 is 0 Å². The third-order valence-electron chi connectivity index (χ3n) is 2.68. The minimum atomic E-state index is -0.461. The van der Waals surface area contributed by atoms with Gasteiger partial charge < -0.3 is 5.32 Å². The number of likely N-dealkylation sites (N-methyl/N-ethyl adjacent to an activating group) is 1. The van der Waals surface area contributed by atoms with Crippen molar-refractivity contribution in [2.45, 2.75) is 32.9 Å². The van der Waals surface area contributed by atoms with E-state index in [0.29, 0.717) is 0 Å². The molecule has 0 aliphatic rings. The van der Waals surface area contributed by atoms with Crippen LogP contribution in [0.3, 0.4) is 0 Å². The van der Waals surface area contributed by atoms with Crippen LogP contribution in [0.2, 0.25) is 0 Å². The Balaban J connectivity index is 2.49. The SMILES string of the molecule is CC(C)NC(=O)CN(C)[C@@H](C)C(=O)Nc1ncccn1. The first-order chi connectivity index (χ1) is 9.40. The van der Waals surface area contributed by atoms with Crippen molar-refractivity contribution in [2.75, 3.05) is 18.9 Å². The minimum Gasteiger partial charge on any atom is -0.353 e. The fourth-order valence-electron chi connectivity index (χ4n) is 1.51. The number of rotatable bonds is 6. The van der Waals surface area contributed by atoms with Gasteiger partial charge in [0.25, 0.3) is 0 Å². The lowest BCUT2D eigenvalue weighted by Crippen LogP contribution is -2.46. The predicted molar refractivity (Wildman–Crippen MR) is 76.0 cm³/mol. The van der Waals surface area contributed by atoms with E-state index in [2.05, 4.69) is 20.6 Å². The van der Waals surface area contributed by atoms with Gasteiger partial charge in [-0.2, -0.15) is 0 Å². The van der Waals surface area contributed by atoms with Crippen LogP contribution in [0.5, 0.6) is 0 Å². The van der Waals surface area contributed by atoms with Crippen LogP contribution in [0, 0.1) is 0 Å². The molecule has 2 amide bonds. The molecule has 0 aromatic carbocycles.